The third-order valence-electron chi connectivity index (χ3n) is 3.10. The van der Waals surface area contributed by atoms with E-state index in [0.717, 1.165) is 6.42 Å². The predicted octanol–water partition coefficient (Wildman–Crippen LogP) is 2.62. The number of nitrogens with one attached hydrogen (secondary N) is 1. The molecule has 2 atom stereocenters. The van der Waals surface area contributed by atoms with E-state index in [1.807, 2.05) is 0 Å². The van der Waals surface area contributed by atoms with Crippen molar-refractivity contribution in [2.24, 2.45) is 11.7 Å². The van der Waals surface area contributed by atoms with E-state index in [4.69, 9.17) is 10.5 Å². The van der Waals surface area contributed by atoms with Crippen molar-refractivity contribution < 1.29 is 9.13 Å². The van der Waals surface area contributed by atoms with Crippen molar-refractivity contribution in [1.82, 2.24) is 0 Å². The summed E-state index contributed by atoms with van der Waals surface area (Å²) >= 11 is 0. The molecule has 0 radical (unpaired) electrons. The van der Waals surface area contributed by atoms with Crippen LogP contribution in [0.4, 0.5) is 10.1 Å². The maximum atomic E-state index is 13.6. The summed E-state index contributed by atoms with van der Waals surface area (Å²) in [6.07, 6.45) is 1.00. The Bertz CT molecular complexity index is 357. The molecule has 96 valence electrons. The molecule has 0 saturated heterocycles. The molecule has 17 heavy (non-hydrogen) atoms. The lowest BCUT2D eigenvalue weighted by Crippen LogP contribution is -2.35. The molecule has 0 aliphatic heterocycles. The van der Waals surface area contributed by atoms with Crippen LogP contribution in [0.2, 0.25) is 0 Å². The molecule has 0 amide bonds. The minimum atomic E-state index is -0.285. The topological polar surface area (TPSA) is 47.3 Å². The Balaban J connectivity index is 2.84. The van der Waals surface area contributed by atoms with Gasteiger partial charge in [0.15, 0.2) is 0 Å². The summed E-state index contributed by atoms with van der Waals surface area (Å²) in [6, 6.07) is 4.72. The van der Waals surface area contributed by atoms with E-state index in [0.29, 0.717) is 23.9 Å². The summed E-state index contributed by atoms with van der Waals surface area (Å²) in [4.78, 5) is 0. The summed E-state index contributed by atoms with van der Waals surface area (Å²) < 4.78 is 18.7. The van der Waals surface area contributed by atoms with Crippen LogP contribution >= 0.6 is 0 Å². The quantitative estimate of drug-likeness (QED) is 0.803. The van der Waals surface area contributed by atoms with Gasteiger partial charge in [-0.3, -0.25) is 0 Å². The fourth-order valence-electron chi connectivity index (χ4n) is 1.66. The van der Waals surface area contributed by atoms with Crippen LogP contribution in [0.25, 0.3) is 0 Å². The average molecular weight is 240 g/mol. The Labute approximate surface area is 102 Å². The van der Waals surface area contributed by atoms with E-state index in [-0.39, 0.29) is 11.9 Å². The van der Waals surface area contributed by atoms with Gasteiger partial charge in [-0.05, 0) is 18.1 Å². The van der Waals surface area contributed by atoms with Crippen molar-refractivity contribution in [3.05, 3.63) is 24.0 Å². The highest BCUT2D eigenvalue weighted by Crippen LogP contribution is 2.23. The number of methoxy groups -OCH3 is 1. The van der Waals surface area contributed by atoms with Crippen molar-refractivity contribution in [3.8, 4) is 5.75 Å². The molecule has 0 fully saturated rings. The van der Waals surface area contributed by atoms with E-state index >= 15 is 0 Å². The van der Waals surface area contributed by atoms with Crippen LogP contribution in [0.15, 0.2) is 18.2 Å². The summed E-state index contributed by atoms with van der Waals surface area (Å²) in [7, 11) is 1.56. The molecule has 3 nitrogen and oxygen atoms in total. The highest BCUT2D eigenvalue weighted by molar-refractivity contribution is 5.50. The van der Waals surface area contributed by atoms with Crippen LogP contribution in [0.1, 0.15) is 20.3 Å². The molecular weight excluding hydrogens is 219 g/mol. The number of benzene rings is 1. The summed E-state index contributed by atoms with van der Waals surface area (Å²) in [6.45, 7) is 4.67. The molecule has 0 aliphatic rings. The van der Waals surface area contributed by atoms with Gasteiger partial charge >= 0.3 is 0 Å². The van der Waals surface area contributed by atoms with E-state index in [1.165, 1.54) is 6.07 Å². The van der Waals surface area contributed by atoms with Crippen LogP contribution in [-0.4, -0.2) is 19.7 Å². The molecular formula is C13H21FN2O. The van der Waals surface area contributed by atoms with Gasteiger partial charge in [0.1, 0.15) is 11.6 Å². The van der Waals surface area contributed by atoms with Crippen molar-refractivity contribution in [2.45, 2.75) is 26.3 Å². The van der Waals surface area contributed by atoms with Crippen LogP contribution < -0.4 is 15.8 Å². The number of ether oxygens (including phenoxy) is 1. The second kappa shape index (κ2) is 6.45. The van der Waals surface area contributed by atoms with Gasteiger partial charge in [0, 0.05) is 18.7 Å². The smallest absolute Gasteiger partial charge is 0.146 e. The van der Waals surface area contributed by atoms with Crippen LogP contribution in [-0.2, 0) is 0 Å². The first-order valence-electron chi connectivity index (χ1n) is 5.92. The summed E-state index contributed by atoms with van der Waals surface area (Å²) in [5.41, 5.74) is 6.15. The zero-order valence-electron chi connectivity index (χ0n) is 10.7. The first-order valence-corrected chi connectivity index (χ1v) is 5.92. The van der Waals surface area contributed by atoms with E-state index < -0.39 is 0 Å². The zero-order chi connectivity index (χ0) is 12.8. The molecule has 0 saturated carbocycles. The Morgan fingerprint density at radius 3 is 2.71 bits per heavy atom. The minimum Gasteiger partial charge on any atom is -0.497 e. The Morgan fingerprint density at radius 1 is 1.47 bits per heavy atom. The van der Waals surface area contributed by atoms with Crippen molar-refractivity contribution in [1.29, 1.82) is 0 Å². The van der Waals surface area contributed by atoms with Gasteiger partial charge in [-0.2, -0.15) is 0 Å². The Hall–Kier alpha value is -1.29. The van der Waals surface area contributed by atoms with Gasteiger partial charge in [-0.15, -0.1) is 0 Å². The first-order chi connectivity index (χ1) is 8.12. The molecule has 1 aromatic rings. The fourth-order valence-corrected chi connectivity index (χ4v) is 1.66. The number of rotatable bonds is 6. The molecule has 0 aliphatic carbocycles. The van der Waals surface area contributed by atoms with Gasteiger partial charge in [0.2, 0.25) is 0 Å². The van der Waals surface area contributed by atoms with E-state index in [2.05, 4.69) is 19.2 Å². The first kappa shape index (κ1) is 13.8. The number of nitrogens with two attached hydrogens (primary N) is 1. The average Bonchev–Trinajstić information content (AvgIpc) is 2.36. The van der Waals surface area contributed by atoms with Gasteiger partial charge in [0.25, 0.3) is 0 Å². The molecule has 1 aromatic carbocycles. The molecule has 3 N–H and O–H groups in total. The largest absolute Gasteiger partial charge is 0.497 e. The van der Waals surface area contributed by atoms with Crippen molar-refractivity contribution in [3.63, 3.8) is 0 Å². The van der Waals surface area contributed by atoms with Gasteiger partial charge < -0.3 is 15.8 Å². The lowest BCUT2D eigenvalue weighted by Gasteiger charge is -2.24. The van der Waals surface area contributed by atoms with Gasteiger partial charge in [0.05, 0.1) is 12.8 Å². The SMILES string of the molecule is CCC(C)C(CN)Nc1cc(OC)ccc1F. The zero-order valence-corrected chi connectivity index (χ0v) is 10.7. The number of halogens is 1. The van der Waals surface area contributed by atoms with E-state index in [1.54, 1.807) is 19.2 Å². The fraction of sp³-hybridized carbons (Fsp3) is 0.538. The van der Waals surface area contributed by atoms with Crippen molar-refractivity contribution >= 4 is 5.69 Å². The third-order valence-corrected chi connectivity index (χ3v) is 3.10. The maximum Gasteiger partial charge on any atom is 0.146 e. The summed E-state index contributed by atoms with van der Waals surface area (Å²) in [5.74, 6) is 0.743. The third kappa shape index (κ3) is 3.60. The monoisotopic (exact) mass is 240 g/mol. The van der Waals surface area contributed by atoms with Crippen molar-refractivity contribution in [2.75, 3.05) is 19.0 Å². The highest BCUT2D eigenvalue weighted by atomic mass is 19.1. The maximum absolute atomic E-state index is 13.6. The number of hydrogen-bond acceptors (Lipinski definition) is 3. The van der Waals surface area contributed by atoms with E-state index in [9.17, 15) is 4.39 Å². The van der Waals surface area contributed by atoms with Crippen LogP contribution in [0.3, 0.4) is 0 Å². The Morgan fingerprint density at radius 2 is 2.18 bits per heavy atom. The standard InChI is InChI=1S/C13H21FN2O/c1-4-9(2)13(8-15)16-12-7-10(17-3)5-6-11(12)14/h5-7,9,13,16H,4,8,15H2,1-3H3. The molecule has 2 unspecified atom stereocenters. The number of hydrogen-bond donors (Lipinski definition) is 2. The lowest BCUT2D eigenvalue weighted by molar-refractivity contribution is 0.413. The molecule has 0 bridgehead atoms. The van der Waals surface area contributed by atoms with Gasteiger partial charge in [-0.1, -0.05) is 20.3 Å². The van der Waals surface area contributed by atoms with Crippen LogP contribution in [0, 0.1) is 11.7 Å². The second-order valence-corrected chi connectivity index (χ2v) is 4.22. The number of anilines is 1. The lowest BCUT2D eigenvalue weighted by atomic mass is 9.99. The predicted molar refractivity (Wildman–Crippen MR) is 68.9 cm³/mol. The molecule has 4 heteroatoms. The molecule has 0 heterocycles. The van der Waals surface area contributed by atoms with Crippen LogP contribution in [0.5, 0.6) is 5.75 Å². The molecule has 0 aromatic heterocycles. The second-order valence-electron chi connectivity index (χ2n) is 4.22. The van der Waals surface area contributed by atoms with Gasteiger partial charge in [-0.25, -0.2) is 4.39 Å². The Kier molecular flexibility index (Phi) is 5.22. The molecule has 0 spiro atoms. The molecule has 1 rings (SSSR count). The normalized spacial score (nSPS) is 14.2. The highest BCUT2D eigenvalue weighted by Gasteiger charge is 2.15. The summed E-state index contributed by atoms with van der Waals surface area (Å²) in [5, 5.41) is 3.14. The minimum absolute atomic E-state index is 0.0709.